The van der Waals surface area contributed by atoms with E-state index in [1.54, 1.807) is 0 Å². The van der Waals surface area contributed by atoms with Crippen molar-refractivity contribution in [3.63, 3.8) is 0 Å². The Hall–Kier alpha value is -1.64. The van der Waals surface area contributed by atoms with Crippen LogP contribution in [0, 0.1) is 5.92 Å². The van der Waals surface area contributed by atoms with E-state index in [9.17, 15) is 0 Å². The van der Waals surface area contributed by atoms with Crippen molar-refractivity contribution in [2.45, 2.75) is 32.9 Å². The molecular formula is C19H25NO. The second kappa shape index (κ2) is 7.39. The van der Waals surface area contributed by atoms with Gasteiger partial charge in [0.25, 0.3) is 0 Å². The van der Waals surface area contributed by atoms with E-state index in [0.29, 0.717) is 5.92 Å². The first-order valence-electron chi connectivity index (χ1n) is 7.59. The molecule has 0 radical (unpaired) electrons. The summed E-state index contributed by atoms with van der Waals surface area (Å²) in [6, 6.07) is 21.1. The fourth-order valence-corrected chi connectivity index (χ4v) is 2.76. The molecule has 2 nitrogen and oxygen atoms in total. The van der Waals surface area contributed by atoms with Crippen molar-refractivity contribution in [1.29, 1.82) is 0 Å². The topological polar surface area (TPSA) is 12.5 Å². The van der Waals surface area contributed by atoms with Crippen molar-refractivity contribution in [2.24, 2.45) is 5.92 Å². The van der Waals surface area contributed by atoms with Crippen LogP contribution in [0.15, 0.2) is 60.7 Å². The highest BCUT2D eigenvalue weighted by Gasteiger charge is 2.23. The molecule has 0 bridgehead atoms. The minimum absolute atomic E-state index is 0.0427. The Labute approximate surface area is 128 Å². The fraction of sp³-hybridized carbons (Fsp3) is 0.368. The summed E-state index contributed by atoms with van der Waals surface area (Å²) in [5, 5.41) is 2.00. The van der Waals surface area contributed by atoms with E-state index in [1.807, 2.05) is 36.4 Å². The number of benzene rings is 2. The smallest absolute Gasteiger partial charge is 0.101 e. The largest absolute Gasteiger partial charge is 0.291 e. The Morgan fingerprint density at radius 3 is 1.71 bits per heavy atom. The second-order valence-electron chi connectivity index (χ2n) is 5.80. The maximum absolute atomic E-state index is 6.15. The zero-order valence-corrected chi connectivity index (χ0v) is 13.4. The molecule has 21 heavy (non-hydrogen) atoms. The van der Waals surface area contributed by atoms with Crippen LogP contribution in [0.25, 0.3) is 0 Å². The highest BCUT2D eigenvalue weighted by molar-refractivity contribution is 5.19. The monoisotopic (exact) mass is 283 g/mol. The quantitative estimate of drug-likeness (QED) is 0.691. The first-order valence-corrected chi connectivity index (χ1v) is 7.59. The van der Waals surface area contributed by atoms with E-state index >= 15 is 0 Å². The molecule has 2 unspecified atom stereocenters. The van der Waals surface area contributed by atoms with E-state index in [2.05, 4.69) is 57.2 Å². The van der Waals surface area contributed by atoms with Crippen LogP contribution in [0.5, 0.6) is 0 Å². The SMILES string of the molecule is CC(ON(C)C(c1ccccc1)C(C)C)c1ccccc1. The number of hydrogen-bond acceptors (Lipinski definition) is 2. The highest BCUT2D eigenvalue weighted by Crippen LogP contribution is 2.30. The Balaban J connectivity index is 2.11. The van der Waals surface area contributed by atoms with E-state index in [1.165, 1.54) is 11.1 Å². The van der Waals surface area contributed by atoms with Crippen LogP contribution in [0.3, 0.4) is 0 Å². The summed E-state index contributed by atoms with van der Waals surface area (Å²) in [6.07, 6.45) is 0.0427. The number of nitrogens with zero attached hydrogens (tertiary/aromatic N) is 1. The van der Waals surface area contributed by atoms with Gasteiger partial charge in [-0.05, 0) is 24.0 Å². The zero-order valence-electron chi connectivity index (χ0n) is 13.4. The molecule has 0 amide bonds. The van der Waals surface area contributed by atoms with Crippen LogP contribution in [0.2, 0.25) is 0 Å². The van der Waals surface area contributed by atoms with Crippen LogP contribution in [0.4, 0.5) is 0 Å². The van der Waals surface area contributed by atoms with Crippen molar-refractivity contribution in [1.82, 2.24) is 5.06 Å². The average molecular weight is 283 g/mol. The van der Waals surface area contributed by atoms with Gasteiger partial charge >= 0.3 is 0 Å². The molecule has 0 aromatic heterocycles. The summed E-state index contributed by atoms with van der Waals surface area (Å²) in [5.74, 6) is 0.473. The molecular weight excluding hydrogens is 258 g/mol. The lowest BCUT2D eigenvalue weighted by Gasteiger charge is -2.33. The standard InChI is InChI=1S/C19H25NO/c1-15(2)19(18-13-9-6-10-14-18)20(4)21-16(3)17-11-7-5-8-12-17/h5-16,19H,1-4H3. The number of hydroxylamine groups is 2. The molecule has 112 valence electrons. The van der Waals surface area contributed by atoms with Crippen molar-refractivity contribution in [3.05, 3.63) is 71.8 Å². The summed E-state index contributed by atoms with van der Waals surface area (Å²) in [6.45, 7) is 6.55. The van der Waals surface area contributed by atoms with Gasteiger partial charge in [0.2, 0.25) is 0 Å². The lowest BCUT2D eigenvalue weighted by molar-refractivity contribution is -0.212. The van der Waals surface area contributed by atoms with Crippen molar-refractivity contribution < 1.29 is 4.84 Å². The molecule has 2 heteroatoms. The highest BCUT2D eigenvalue weighted by atomic mass is 16.7. The minimum Gasteiger partial charge on any atom is -0.291 e. The summed E-state index contributed by atoms with van der Waals surface area (Å²) in [5.41, 5.74) is 2.48. The molecule has 0 saturated heterocycles. The predicted molar refractivity (Wildman–Crippen MR) is 87.7 cm³/mol. The molecule has 0 aliphatic rings. The average Bonchev–Trinajstić information content (AvgIpc) is 2.49. The fourth-order valence-electron chi connectivity index (χ4n) is 2.76. The van der Waals surface area contributed by atoms with Crippen LogP contribution in [-0.4, -0.2) is 12.1 Å². The summed E-state index contributed by atoms with van der Waals surface area (Å²) in [7, 11) is 2.02. The molecule has 0 fully saturated rings. The molecule has 0 aliphatic heterocycles. The Bertz CT molecular complexity index is 524. The summed E-state index contributed by atoms with van der Waals surface area (Å²) in [4.78, 5) is 6.15. The van der Waals surface area contributed by atoms with Gasteiger partial charge in [0, 0.05) is 7.05 Å². The predicted octanol–water partition coefficient (Wildman–Crippen LogP) is 5.01. The van der Waals surface area contributed by atoms with Gasteiger partial charge in [-0.2, -0.15) is 5.06 Å². The Morgan fingerprint density at radius 2 is 1.24 bits per heavy atom. The van der Waals surface area contributed by atoms with E-state index in [4.69, 9.17) is 4.84 Å². The molecule has 0 saturated carbocycles. The van der Waals surface area contributed by atoms with Gasteiger partial charge < -0.3 is 0 Å². The first-order chi connectivity index (χ1) is 10.1. The van der Waals surface area contributed by atoms with Gasteiger partial charge in [-0.3, -0.25) is 4.84 Å². The maximum Gasteiger partial charge on any atom is 0.101 e. The minimum atomic E-state index is 0.0427. The van der Waals surface area contributed by atoms with Gasteiger partial charge in [-0.15, -0.1) is 0 Å². The van der Waals surface area contributed by atoms with Gasteiger partial charge in [0.05, 0.1) is 6.04 Å². The third kappa shape index (κ3) is 4.16. The van der Waals surface area contributed by atoms with Crippen LogP contribution >= 0.6 is 0 Å². The normalized spacial score (nSPS) is 14.4. The zero-order chi connectivity index (χ0) is 15.2. The number of rotatable bonds is 6. The lowest BCUT2D eigenvalue weighted by atomic mass is 9.96. The van der Waals surface area contributed by atoms with Crippen LogP contribution in [-0.2, 0) is 4.84 Å². The molecule has 2 rings (SSSR count). The van der Waals surface area contributed by atoms with Gasteiger partial charge in [-0.25, -0.2) is 0 Å². The molecule has 2 aromatic rings. The van der Waals surface area contributed by atoms with Gasteiger partial charge in [0.15, 0.2) is 0 Å². The van der Waals surface area contributed by atoms with Crippen molar-refractivity contribution in [2.75, 3.05) is 7.05 Å². The Morgan fingerprint density at radius 1 is 0.762 bits per heavy atom. The number of hydrogen-bond donors (Lipinski definition) is 0. The van der Waals surface area contributed by atoms with E-state index < -0.39 is 0 Å². The van der Waals surface area contributed by atoms with Gasteiger partial charge in [-0.1, -0.05) is 74.5 Å². The lowest BCUT2D eigenvalue weighted by Crippen LogP contribution is -2.29. The van der Waals surface area contributed by atoms with E-state index in [-0.39, 0.29) is 12.1 Å². The first kappa shape index (κ1) is 15.7. The molecule has 2 aromatic carbocycles. The third-order valence-corrected chi connectivity index (χ3v) is 3.76. The van der Waals surface area contributed by atoms with Crippen molar-refractivity contribution in [3.8, 4) is 0 Å². The summed E-state index contributed by atoms with van der Waals surface area (Å²) >= 11 is 0. The third-order valence-electron chi connectivity index (χ3n) is 3.76. The van der Waals surface area contributed by atoms with Crippen LogP contribution < -0.4 is 0 Å². The molecule has 0 N–H and O–H groups in total. The molecule has 0 heterocycles. The van der Waals surface area contributed by atoms with Crippen molar-refractivity contribution >= 4 is 0 Å². The van der Waals surface area contributed by atoms with E-state index in [0.717, 1.165) is 0 Å². The maximum atomic E-state index is 6.15. The Kier molecular flexibility index (Phi) is 5.54. The summed E-state index contributed by atoms with van der Waals surface area (Å²) < 4.78 is 0. The second-order valence-corrected chi connectivity index (χ2v) is 5.80. The molecule has 2 atom stereocenters. The molecule has 0 aliphatic carbocycles. The molecule has 0 spiro atoms. The van der Waals surface area contributed by atoms with Gasteiger partial charge in [0.1, 0.15) is 6.10 Å². The van der Waals surface area contributed by atoms with Crippen LogP contribution in [0.1, 0.15) is 44.0 Å².